The molecule has 7 heteroatoms. The van der Waals surface area contributed by atoms with Crippen LogP contribution < -0.4 is 10.6 Å². The number of nitrogens with one attached hydrogen (secondary N) is 2. The van der Waals surface area contributed by atoms with E-state index in [9.17, 15) is 22.8 Å². The molecule has 116 valence electrons. The average molecular weight is 302 g/mol. The van der Waals surface area contributed by atoms with Crippen LogP contribution >= 0.6 is 0 Å². The van der Waals surface area contributed by atoms with Crippen LogP contribution in [-0.2, 0) is 15.8 Å². The highest BCUT2D eigenvalue weighted by Crippen LogP contribution is 2.29. The van der Waals surface area contributed by atoms with Gasteiger partial charge in [0.25, 0.3) is 0 Å². The average Bonchev–Trinajstić information content (AvgIpc) is 2.25. The van der Waals surface area contributed by atoms with Crippen molar-refractivity contribution in [2.24, 2.45) is 0 Å². The molecular weight excluding hydrogens is 285 g/mol. The molecule has 1 aromatic rings. The molecule has 0 aliphatic carbocycles. The number of hydrogen-bond acceptors (Lipinski definition) is 2. The summed E-state index contributed by atoms with van der Waals surface area (Å²) in [6.45, 7) is 5.33. The fourth-order valence-corrected chi connectivity index (χ4v) is 1.56. The topological polar surface area (TPSA) is 58.2 Å². The summed E-state index contributed by atoms with van der Waals surface area (Å²) >= 11 is 0. The van der Waals surface area contributed by atoms with Crippen molar-refractivity contribution in [1.29, 1.82) is 0 Å². The summed E-state index contributed by atoms with van der Waals surface area (Å²) in [5, 5.41) is 4.99. The number of halogens is 3. The van der Waals surface area contributed by atoms with Crippen molar-refractivity contribution in [3.63, 3.8) is 0 Å². The Morgan fingerprint density at radius 3 is 1.95 bits per heavy atom. The molecule has 0 spiro atoms. The lowest BCUT2D eigenvalue weighted by Crippen LogP contribution is -2.41. The first-order chi connectivity index (χ1) is 9.47. The minimum absolute atomic E-state index is 0.205. The smallest absolute Gasteiger partial charge is 0.351 e. The minimum atomic E-state index is -4.42. The number of amides is 2. The number of hydrogen-bond donors (Lipinski definition) is 2. The molecule has 1 rings (SSSR count). The zero-order chi connectivity index (χ0) is 16.3. The third kappa shape index (κ3) is 6.29. The molecule has 4 nitrogen and oxygen atoms in total. The van der Waals surface area contributed by atoms with E-state index in [1.165, 1.54) is 0 Å². The number of benzene rings is 1. The Kier molecular flexibility index (Phi) is 4.98. The fourth-order valence-electron chi connectivity index (χ4n) is 1.56. The molecule has 0 aliphatic rings. The quantitative estimate of drug-likeness (QED) is 0.843. The van der Waals surface area contributed by atoms with Crippen molar-refractivity contribution in [2.45, 2.75) is 38.9 Å². The first-order valence-corrected chi connectivity index (χ1v) is 6.25. The molecule has 0 saturated heterocycles. The molecule has 0 bridgehead atoms. The summed E-state index contributed by atoms with van der Waals surface area (Å²) in [5.74, 6) is -1.04. The predicted octanol–water partition coefficient (Wildman–Crippen LogP) is 2.95. The van der Waals surface area contributed by atoms with Gasteiger partial charge in [0.05, 0.1) is 5.56 Å². The van der Waals surface area contributed by atoms with Crippen molar-refractivity contribution in [3.8, 4) is 0 Å². The van der Waals surface area contributed by atoms with Gasteiger partial charge in [-0.2, -0.15) is 13.2 Å². The van der Waals surface area contributed by atoms with Gasteiger partial charge in [-0.05, 0) is 45.0 Å². The van der Waals surface area contributed by atoms with Crippen LogP contribution in [0.5, 0.6) is 0 Å². The Hall–Kier alpha value is -2.05. The number of alkyl halides is 3. The molecule has 0 aliphatic heterocycles. The summed E-state index contributed by atoms with van der Waals surface area (Å²) in [6, 6.07) is 4.01. The second-order valence-electron chi connectivity index (χ2n) is 5.60. The lowest BCUT2D eigenvalue weighted by molar-refractivity contribution is -0.137. The largest absolute Gasteiger partial charge is 0.416 e. The number of anilines is 1. The summed E-state index contributed by atoms with van der Waals surface area (Å²) < 4.78 is 37.1. The van der Waals surface area contributed by atoms with E-state index in [0.29, 0.717) is 0 Å². The lowest BCUT2D eigenvalue weighted by Gasteiger charge is -2.20. The van der Waals surface area contributed by atoms with Gasteiger partial charge in [-0.1, -0.05) is 0 Å². The van der Waals surface area contributed by atoms with Crippen LogP contribution in [-0.4, -0.2) is 17.4 Å². The standard InChI is InChI=1S/C14H17F3N2O2/c1-13(2,3)19-12(21)8-11(20)18-10-6-4-9(5-7-10)14(15,16)17/h4-7H,8H2,1-3H3,(H,18,20)(H,19,21). The molecule has 0 saturated carbocycles. The van der Waals surface area contributed by atoms with Crippen molar-refractivity contribution >= 4 is 17.5 Å². The van der Waals surface area contributed by atoms with Crippen LogP contribution in [0.1, 0.15) is 32.8 Å². The molecule has 0 fully saturated rings. The highest BCUT2D eigenvalue weighted by Gasteiger charge is 2.30. The maximum Gasteiger partial charge on any atom is 0.416 e. The third-order valence-electron chi connectivity index (χ3n) is 2.33. The molecule has 21 heavy (non-hydrogen) atoms. The molecular formula is C14H17F3N2O2. The van der Waals surface area contributed by atoms with E-state index in [2.05, 4.69) is 10.6 Å². The lowest BCUT2D eigenvalue weighted by atomic mass is 10.1. The Labute approximate surface area is 120 Å². The van der Waals surface area contributed by atoms with Crippen molar-refractivity contribution in [3.05, 3.63) is 29.8 Å². The Bertz CT molecular complexity index is 517. The van der Waals surface area contributed by atoms with Gasteiger partial charge in [0.2, 0.25) is 11.8 Å². The van der Waals surface area contributed by atoms with Gasteiger partial charge in [-0.3, -0.25) is 9.59 Å². The number of carbonyl (C=O) groups excluding carboxylic acids is 2. The molecule has 0 atom stereocenters. The Morgan fingerprint density at radius 2 is 1.52 bits per heavy atom. The highest BCUT2D eigenvalue weighted by atomic mass is 19.4. The monoisotopic (exact) mass is 302 g/mol. The van der Waals surface area contributed by atoms with Gasteiger partial charge in [-0.25, -0.2) is 0 Å². The van der Waals surface area contributed by atoms with Crippen molar-refractivity contribution in [1.82, 2.24) is 5.32 Å². The van der Waals surface area contributed by atoms with Crippen LogP contribution in [0, 0.1) is 0 Å². The van der Waals surface area contributed by atoms with Gasteiger partial charge in [-0.15, -0.1) is 0 Å². The van der Waals surface area contributed by atoms with Crippen molar-refractivity contribution in [2.75, 3.05) is 5.32 Å². The summed E-state index contributed by atoms with van der Waals surface area (Å²) in [4.78, 5) is 23.1. The van der Waals surface area contributed by atoms with Gasteiger partial charge < -0.3 is 10.6 Å². The minimum Gasteiger partial charge on any atom is -0.351 e. The first-order valence-electron chi connectivity index (χ1n) is 6.25. The van der Waals surface area contributed by atoms with Crippen LogP contribution in [0.2, 0.25) is 0 Å². The summed E-state index contributed by atoms with van der Waals surface area (Å²) in [7, 11) is 0. The van der Waals surface area contributed by atoms with Gasteiger partial charge in [0.15, 0.2) is 0 Å². The van der Waals surface area contributed by atoms with E-state index in [0.717, 1.165) is 24.3 Å². The zero-order valence-corrected chi connectivity index (χ0v) is 12.0. The molecule has 2 N–H and O–H groups in total. The summed E-state index contributed by atoms with van der Waals surface area (Å²) in [5.41, 5.74) is -1.05. The summed E-state index contributed by atoms with van der Waals surface area (Å²) in [6.07, 6.45) is -4.81. The van der Waals surface area contributed by atoms with Crippen LogP contribution in [0.3, 0.4) is 0 Å². The Balaban J connectivity index is 2.58. The van der Waals surface area contributed by atoms with Gasteiger partial charge in [0, 0.05) is 11.2 Å². The second kappa shape index (κ2) is 6.15. The number of rotatable bonds is 3. The molecule has 0 unspecified atom stereocenters. The number of carbonyl (C=O) groups is 2. The SMILES string of the molecule is CC(C)(C)NC(=O)CC(=O)Nc1ccc(C(F)(F)F)cc1. The maximum atomic E-state index is 12.4. The first kappa shape index (κ1) is 17.0. The second-order valence-corrected chi connectivity index (χ2v) is 5.60. The van der Waals surface area contributed by atoms with Crippen LogP contribution in [0.15, 0.2) is 24.3 Å². The maximum absolute atomic E-state index is 12.4. The molecule has 0 radical (unpaired) electrons. The van der Waals surface area contributed by atoms with E-state index >= 15 is 0 Å². The van der Waals surface area contributed by atoms with E-state index in [1.54, 1.807) is 20.8 Å². The van der Waals surface area contributed by atoms with Crippen molar-refractivity contribution < 1.29 is 22.8 Å². The van der Waals surface area contributed by atoms with E-state index in [4.69, 9.17) is 0 Å². The molecule has 1 aromatic carbocycles. The molecule has 0 heterocycles. The van der Waals surface area contributed by atoms with Gasteiger partial charge >= 0.3 is 6.18 Å². The predicted molar refractivity (Wildman–Crippen MR) is 72.6 cm³/mol. The fraction of sp³-hybridized carbons (Fsp3) is 0.429. The van der Waals surface area contributed by atoms with E-state index < -0.39 is 35.5 Å². The van der Waals surface area contributed by atoms with E-state index in [1.807, 2.05) is 0 Å². The van der Waals surface area contributed by atoms with Crippen LogP contribution in [0.4, 0.5) is 18.9 Å². The molecule has 0 aromatic heterocycles. The van der Waals surface area contributed by atoms with E-state index in [-0.39, 0.29) is 5.69 Å². The zero-order valence-electron chi connectivity index (χ0n) is 12.0. The van der Waals surface area contributed by atoms with Gasteiger partial charge in [0.1, 0.15) is 6.42 Å². The highest BCUT2D eigenvalue weighted by molar-refractivity contribution is 6.03. The Morgan fingerprint density at radius 1 is 1.00 bits per heavy atom. The molecule has 2 amide bonds. The van der Waals surface area contributed by atoms with Crippen LogP contribution in [0.25, 0.3) is 0 Å². The normalized spacial score (nSPS) is 11.9. The third-order valence-corrected chi connectivity index (χ3v) is 2.33.